The zero-order valence-corrected chi connectivity index (χ0v) is 10.2. The van der Waals surface area contributed by atoms with Crippen LogP contribution >= 0.6 is 0 Å². The number of aromatic hydroxyl groups is 1. The summed E-state index contributed by atoms with van der Waals surface area (Å²) >= 11 is 0. The van der Waals surface area contributed by atoms with Gasteiger partial charge in [0.05, 0.1) is 0 Å². The van der Waals surface area contributed by atoms with Crippen LogP contribution in [0.1, 0.15) is 63.5 Å². The molecule has 0 aliphatic heterocycles. The molecule has 0 bridgehead atoms. The van der Waals surface area contributed by atoms with Crippen molar-refractivity contribution in [2.24, 2.45) is 0 Å². The van der Waals surface area contributed by atoms with E-state index >= 15 is 0 Å². The summed E-state index contributed by atoms with van der Waals surface area (Å²) in [6.07, 6.45) is 2.29. The van der Waals surface area contributed by atoms with E-state index < -0.39 is 0 Å². The summed E-state index contributed by atoms with van der Waals surface area (Å²) in [7, 11) is 0. The maximum atomic E-state index is 10.2. The van der Waals surface area contributed by atoms with Crippen molar-refractivity contribution in [2.45, 2.75) is 52.4 Å². The van der Waals surface area contributed by atoms with Gasteiger partial charge >= 0.3 is 0 Å². The molecule has 0 radical (unpaired) electrons. The first kappa shape index (κ1) is 12.1. The molecule has 0 spiro atoms. The highest BCUT2D eigenvalue weighted by atomic mass is 16.3. The van der Waals surface area contributed by atoms with Crippen molar-refractivity contribution in [3.05, 3.63) is 29.3 Å². The van der Waals surface area contributed by atoms with E-state index in [1.54, 1.807) is 0 Å². The predicted octanol–water partition coefficient (Wildman–Crippen LogP) is 4.42. The van der Waals surface area contributed by atoms with E-state index in [0.717, 1.165) is 24.0 Å². The minimum atomic E-state index is 0.388. The molecule has 0 saturated carbocycles. The first-order valence-corrected chi connectivity index (χ1v) is 5.89. The van der Waals surface area contributed by atoms with Crippen LogP contribution in [0.25, 0.3) is 0 Å². The van der Waals surface area contributed by atoms with Crippen LogP contribution in [0, 0.1) is 0 Å². The van der Waals surface area contributed by atoms with Gasteiger partial charge in [-0.25, -0.2) is 0 Å². The number of phenolic OH excluding ortho intramolecular Hbond substituents is 1. The molecule has 0 fully saturated rings. The van der Waals surface area contributed by atoms with Crippen molar-refractivity contribution in [1.82, 2.24) is 0 Å². The standard InChI is InChI=1S/C14H22O/c1-5-7-11(4)13-9-6-8-12(10(2)3)14(13)15/h6,8-11,15H,5,7H2,1-4H3/t11-/m1/s1. The Morgan fingerprint density at radius 1 is 1.13 bits per heavy atom. The second-order valence-corrected chi connectivity index (χ2v) is 4.63. The van der Waals surface area contributed by atoms with Crippen LogP contribution in [0.4, 0.5) is 0 Å². The molecule has 0 aliphatic carbocycles. The van der Waals surface area contributed by atoms with Crippen molar-refractivity contribution < 1.29 is 5.11 Å². The third-order valence-corrected chi connectivity index (χ3v) is 2.97. The summed E-state index contributed by atoms with van der Waals surface area (Å²) in [6.45, 7) is 8.59. The molecule has 0 heterocycles. The van der Waals surface area contributed by atoms with Gasteiger partial charge < -0.3 is 5.11 Å². The molecule has 1 heteroatoms. The predicted molar refractivity (Wildman–Crippen MR) is 65.5 cm³/mol. The van der Waals surface area contributed by atoms with Gasteiger partial charge in [0.15, 0.2) is 0 Å². The van der Waals surface area contributed by atoms with Crippen LogP contribution in [-0.4, -0.2) is 5.11 Å². The fourth-order valence-electron chi connectivity index (χ4n) is 2.03. The highest BCUT2D eigenvalue weighted by Gasteiger charge is 2.14. The normalized spacial score (nSPS) is 13.1. The Morgan fingerprint density at radius 3 is 2.27 bits per heavy atom. The molecule has 15 heavy (non-hydrogen) atoms. The SMILES string of the molecule is CCC[C@@H](C)c1cccc(C(C)C)c1O. The minimum absolute atomic E-state index is 0.388. The number of hydrogen-bond donors (Lipinski definition) is 1. The van der Waals surface area contributed by atoms with E-state index in [9.17, 15) is 5.11 Å². The van der Waals surface area contributed by atoms with Crippen molar-refractivity contribution >= 4 is 0 Å². The Hall–Kier alpha value is -0.980. The fraction of sp³-hybridized carbons (Fsp3) is 0.571. The molecule has 1 N–H and O–H groups in total. The fourth-order valence-corrected chi connectivity index (χ4v) is 2.03. The molecule has 0 unspecified atom stereocenters. The molecule has 1 aromatic carbocycles. The first-order chi connectivity index (χ1) is 7.07. The lowest BCUT2D eigenvalue weighted by Crippen LogP contribution is -1.97. The summed E-state index contributed by atoms with van der Waals surface area (Å²) in [5.41, 5.74) is 2.17. The number of benzene rings is 1. The molecule has 0 saturated heterocycles. The average molecular weight is 206 g/mol. The molecule has 1 nitrogen and oxygen atoms in total. The van der Waals surface area contributed by atoms with Crippen LogP contribution in [0.3, 0.4) is 0 Å². The number of para-hydroxylation sites is 1. The van der Waals surface area contributed by atoms with Crippen LogP contribution in [0.5, 0.6) is 5.75 Å². The van der Waals surface area contributed by atoms with E-state index in [4.69, 9.17) is 0 Å². The van der Waals surface area contributed by atoms with E-state index in [0.29, 0.717) is 17.6 Å². The minimum Gasteiger partial charge on any atom is -0.507 e. The Labute approximate surface area is 93.1 Å². The lowest BCUT2D eigenvalue weighted by molar-refractivity contribution is 0.450. The van der Waals surface area contributed by atoms with Gasteiger partial charge in [0.25, 0.3) is 0 Å². The van der Waals surface area contributed by atoms with Crippen LogP contribution in [0.15, 0.2) is 18.2 Å². The topological polar surface area (TPSA) is 20.2 Å². The number of hydrogen-bond acceptors (Lipinski definition) is 1. The lowest BCUT2D eigenvalue weighted by atomic mass is 9.91. The van der Waals surface area contributed by atoms with Crippen molar-refractivity contribution in [3.8, 4) is 5.75 Å². The summed E-state index contributed by atoms with van der Waals surface area (Å²) in [5, 5.41) is 10.2. The van der Waals surface area contributed by atoms with E-state index in [2.05, 4.69) is 33.8 Å². The Bertz CT molecular complexity index is 315. The molecule has 0 aromatic heterocycles. The molecule has 84 valence electrons. The van der Waals surface area contributed by atoms with Gasteiger partial charge in [0.1, 0.15) is 5.75 Å². The van der Waals surface area contributed by atoms with Crippen LogP contribution < -0.4 is 0 Å². The average Bonchev–Trinajstić information content (AvgIpc) is 2.17. The Morgan fingerprint density at radius 2 is 1.73 bits per heavy atom. The maximum Gasteiger partial charge on any atom is 0.122 e. The second-order valence-electron chi connectivity index (χ2n) is 4.63. The third-order valence-electron chi connectivity index (χ3n) is 2.97. The zero-order valence-electron chi connectivity index (χ0n) is 10.2. The maximum absolute atomic E-state index is 10.2. The quantitative estimate of drug-likeness (QED) is 0.773. The van der Waals surface area contributed by atoms with E-state index in [1.807, 2.05) is 12.1 Å². The van der Waals surface area contributed by atoms with Gasteiger partial charge in [-0.3, -0.25) is 0 Å². The summed E-state index contributed by atoms with van der Waals surface area (Å²) in [4.78, 5) is 0. The van der Waals surface area contributed by atoms with Gasteiger partial charge in [-0.1, -0.05) is 52.3 Å². The molecular formula is C14H22O. The van der Waals surface area contributed by atoms with E-state index in [-0.39, 0.29) is 0 Å². The monoisotopic (exact) mass is 206 g/mol. The smallest absolute Gasteiger partial charge is 0.122 e. The molecule has 1 aromatic rings. The second kappa shape index (κ2) is 5.20. The zero-order chi connectivity index (χ0) is 11.4. The number of rotatable bonds is 4. The van der Waals surface area contributed by atoms with Gasteiger partial charge in [-0.15, -0.1) is 0 Å². The van der Waals surface area contributed by atoms with Gasteiger partial charge in [-0.2, -0.15) is 0 Å². The summed E-state index contributed by atoms with van der Waals surface area (Å²) < 4.78 is 0. The largest absolute Gasteiger partial charge is 0.507 e. The van der Waals surface area contributed by atoms with Crippen molar-refractivity contribution in [3.63, 3.8) is 0 Å². The third kappa shape index (κ3) is 2.74. The molecular weight excluding hydrogens is 184 g/mol. The van der Waals surface area contributed by atoms with Crippen LogP contribution in [-0.2, 0) is 0 Å². The highest BCUT2D eigenvalue weighted by Crippen LogP contribution is 2.34. The number of phenols is 1. The summed E-state index contributed by atoms with van der Waals surface area (Å²) in [5.74, 6) is 1.35. The molecule has 0 amide bonds. The summed E-state index contributed by atoms with van der Waals surface area (Å²) in [6, 6.07) is 6.11. The Kier molecular flexibility index (Phi) is 4.19. The van der Waals surface area contributed by atoms with Crippen molar-refractivity contribution in [2.75, 3.05) is 0 Å². The molecule has 1 rings (SSSR count). The Balaban J connectivity index is 3.03. The van der Waals surface area contributed by atoms with Gasteiger partial charge in [0, 0.05) is 0 Å². The van der Waals surface area contributed by atoms with Crippen LogP contribution in [0.2, 0.25) is 0 Å². The van der Waals surface area contributed by atoms with Gasteiger partial charge in [0.2, 0.25) is 0 Å². The molecule has 0 aliphatic rings. The first-order valence-electron chi connectivity index (χ1n) is 5.89. The molecule has 1 atom stereocenters. The van der Waals surface area contributed by atoms with Crippen molar-refractivity contribution in [1.29, 1.82) is 0 Å². The lowest BCUT2D eigenvalue weighted by Gasteiger charge is -2.16. The van der Waals surface area contributed by atoms with E-state index in [1.165, 1.54) is 0 Å². The highest BCUT2D eigenvalue weighted by molar-refractivity contribution is 5.43. The van der Waals surface area contributed by atoms with Gasteiger partial charge in [-0.05, 0) is 29.4 Å².